The predicted molar refractivity (Wildman–Crippen MR) is 56.9 cm³/mol. The lowest BCUT2D eigenvalue weighted by Gasteiger charge is -2.07. The smallest absolute Gasteiger partial charge is 0.134 e. The first-order valence-corrected chi connectivity index (χ1v) is 4.85. The third kappa shape index (κ3) is 1.78. The van der Waals surface area contributed by atoms with Crippen molar-refractivity contribution in [1.82, 2.24) is 10.2 Å². The van der Waals surface area contributed by atoms with Crippen molar-refractivity contribution in [2.24, 2.45) is 0 Å². The average molecular weight is 220 g/mol. The van der Waals surface area contributed by atoms with E-state index in [4.69, 9.17) is 0 Å². The molecule has 2 rings (SSSR count). The van der Waals surface area contributed by atoms with Gasteiger partial charge in [-0.25, -0.2) is 8.78 Å². The first kappa shape index (κ1) is 10.7. The molecule has 0 unspecified atom stereocenters. The van der Waals surface area contributed by atoms with Gasteiger partial charge in [-0.05, 0) is 32.0 Å². The maximum absolute atomic E-state index is 13.6. The third-order valence-electron chi connectivity index (χ3n) is 2.33. The van der Waals surface area contributed by atoms with E-state index in [-0.39, 0.29) is 5.56 Å². The molecule has 0 aliphatic carbocycles. The van der Waals surface area contributed by atoms with Crippen molar-refractivity contribution in [2.45, 2.75) is 13.8 Å². The number of aryl methyl sites for hydroxylation is 2. The van der Waals surface area contributed by atoms with E-state index in [1.807, 2.05) is 0 Å². The highest BCUT2D eigenvalue weighted by Gasteiger charge is 2.14. The number of nitrogens with zero attached hydrogens (tertiary/aromatic N) is 2. The summed E-state index contributed by atoms with van der Waals surface area (Å²) in [7, 11) is 0. The number of rotatable bonds is 1. The molecule has 82 valence electrons. The van der Waals surface area contributed by atoms with Gasteiger partial charge in [-0.3, -0.25) is 0 Å². The van der Waals surface area contributed by atoms with Crippen LogP contribution in [-0.4, -0.2) is 10.2 Å². The topological polar surface area (TPSA) is 25.8 Å². The lowest BCUT2D eigenvalue weighted by molar-refractivity contribution is 0.589. The van der Waals surface area contributed by atoms with Gasteiger partial charge in [0.05, 0.1) is 17.0 Å². The fourth-order valence-electron chi connectivity index (χ4n) is 1.56. The van der Waals surface area contributed by atoms with Gasteiger partial charge < -0.3 is 0 Å². The number of aromatic nitrogens is 2. The highest BCUT2D eigenvalue weighted by molar-refractivity contribution is 5.67. The summed E-state index contributed by atoms with van der Waals surface area (Å²) in [5, 5.41) is 7.68. The fraction of sp³-hybridized carbons (Fsp3) is 0.167. The minimum Gasteiger partial charge on any atom is -0.206 e. The van der Waals surface area contributed by atoms with Crippen LogP contribution in [0.5, 0.6) is 0 Å². The Balaban J connectivity index is 2.72. The van der Waals surface area contributed by atoms with E-state index in [1.165, 1.54) is 18.2 Å². The summed E-state index contributed by atoms with van der Waals surface area (Å²) in [5.41, 5.74) is 1.54. The van der Waals surface area contributed by atoms with Crippen molar-refractivity contribution in [2.75, 3.05) is 0 Å². The van der Waals surface area contributed by atoms with Gasteiger partial charge in [0.15, 0.2) is 0 Å². The van der Waals surface area contributed by atoms with Gasteiger partial charge in [-0.15, -0.1) is 0 Å². The van der Waals surface area contributed by atoms with Crippen LogP contribution in [0.3, 0.4) is 0 Å². The van der Waals surface area contributed by atoms with Gasteiger partial charge in [0, 0.05) is 5.56 Å². The quantitative estimate of drug-likeness (QED) is 0.738. The van der Waals surface area contributed by atoms with Crippen molar-refractivity contribution in [3.63, 3.8) is 0 Å². The molecule has 1 heterocycles. The molecule has 0 bridgehead atoms. The third-order valence-corrected chi connectivity index (χ3v) is 2.33. The van der Waals surface area contributed by atoms with Crippen molar-refractivity contribution in [1.29, 1.82) is 0 Å². The Morgan fingerprint density at radius 1 is 1.00 bits per heavy atom. The summed E-state index contributed by atoms with van der Waals surface area (Å²) in [6, 6.07) is 5.43. The van der Waals surface area contributed by atoms with Gasteiger partial charge in [-0.2, -0.15) is 10.2 Å². The molecule has 0 amide bonds. The fourth-order valence-corrected chi connectivity index (χ4v) is 1.56. The number of hydrogen-bond donors (Lipinski definition) is 0. The van der Waals surface area contributed by atoms with Crippen LogP contribution in [0.2, 0.25) is 0 Å². The van der Waals surface area contributed by atoms with Gasteiger partial charge >= 0.3 is 0 Å². The Morgan fingerprint density at radius 3 is 2.25 bits per heavy atom. The molecule has 0 saturated heterocycles. The van der Waals surface area contributed by atoms with Crippen LogP contribution >= 0.6 is 0 Å². The molecular weight excluding hydrogens is 210 g/mol. The summed E-state index contributed by atoms with van der Waals surface area (Å²) >= 11 is 0. The Bertz CT molecular complexity index is 518. The largest absolute Gasteiger partial charge is 0.206 e. The first-order valence-electron chi connectivity index (χ1n) is 4.85. The molecule has 0 radical (unpaired) electrons. The molecule has 2 aromatic rings. The van der Waals surface area contributed by atoms with Crippen LogP contribution in [-0.2, 0) is 0 Å². The SMILES string of the molecule is Cc1cc(-c2c(F)cccc2F)c(C)nn1. The molecule has 1 aromatic heterocycles. The number of benzene rings is 1. The minimum atomic E-state index is -0.587. The molecule has 0 aliphatic rings. The lowest BCUT2D eigenvalue weighted by atomic mass is 10.0. The van der Waals surface area contributed by atoms with E-state index in [2.05, 4.69) is 10.2 Å². The standard InChI is InChI=1S/C12H10F2N2/c1-7-6-9(8(2)16-15-7)12-10(13)4-3-5-11(12)14/h3-6H,1-2H3. The highest BCUT2D eigenvalue weighted by Crippen LogP contribution is 2.27. The summed E-state index contributed by atoms with van der Waals surface area (Å²) in [6.45, 7) is 3.41. The van der Waals surface area contributed by atoms with Crippen LogP contribution in [0.4, 0.5) is 8.78 Å². The highest BCUT2D eigenvalue weighted by atomic mass is 19.1. The van der Waals surface area contributed by atoms with Crippen LogP contribution in [0.1, 0.15) is 11.4 Å². The molecule has 0 atom stereocenters. The first-order chi connectivity index (χ1) is 7.59. The summed E-state index contributed by atoms with van der Waals surface area (Å²) < 4.78 is 27.1. The molecule has 0 spiro atoms. The zero-order valence-electron chi connectivity index (χ0n) is 8.96. The van der Waals surface area contributed by atoms with E-state index < -0.39 is 11.6 Å². The van der Waals surface area contributed by atoms with Crippen molar-refractivity contribution in [3.05, 3.63) is 47.3 Å². The molecule has 16 heavy (non-hydrogen) atoms. The van der Waals surface area contributed by atoms with E-state index in [0.717, 1.165) is 0 Å². The van der Waals surface area contributed by atoms with E-state index in [9.17, 15) is 8.78 Å². The second kappa shape index (κ2) is 3.96. The number of hydrogen-bond acceptors (Lipinski definition) is 2. The van der Waals surface area contributed by atoms with Crippen LogP contribution in [0.25, 0.3) is 11.1 Å². The van der Waals surface area contributed by atoms with E-state index >= 15 is 0 Å². The molecular formula is C12H10F2N2. The minimum absolute atomic E-state index is 0.0435. The zero-order valence-corrected chi connectivity index (χ0v) is 8.96. The van der Waals surface area contributed by atoms with E-state index in [0.29, 0.717) is 17.0 Å². The molecule has 1 aromatic carbocycles. The summed E-state index contributed by atoms with van der Waals surface area (Å²) in [5.74, 6) is -1.17. The second-order valence-corrected chi connectivity index (χ2v) is 3.58. The number of halogens is 2. The van der Waals surface area contributed by atoms with E-state index in [1.54, 1.807) is 19.9 Å². The Kier molecular flexibility index (Phi) is 2.64. The Hall–Kier alpha value is -1.84. The van der Waals surface area contributed by atoms with Gasteiger partial charge in [0.25, 0.3) is 0 Å². The molecule has 0 saturated carbocycles. The zero-order chi connectivity index (χ0) is 11.7. The molecule has 0 aliphatic heterocycles. The van der Waals surface area contributed by atoms with Crippen molar-refractivity contribution in [3.8, 4) is 11.1 Å². The van der Waals surface area contributed by atoms with Gasteiger partial charge in [0.1, 0.15) is 11.6 Å². The second-order valence-electron chi connectivity index (χ2n) is 3.58. The maximum atomic E-state index is 13.6. The summed E-state index contributed by atoms with van der Waals surface area (Å²) in [6.07, 6.45) is 0. The Labute approximate surface area is 92.0 Å². The Morgan fingerprint density at radius 2 is 1.62 bits per heavy atom. The molecule has 0 N–H and O–H groups in total. The van der Waals surface area contributed by atoms with Crippen LogP contribution in [0.15, 0.2) is 24.3 Å². The molecule has 4 heteroatoms. The predicted octanol–water partition coefficient (Wildman–Crippen LogP) is 3.04. The maximum Gasteiger partial charge on any atom is 0.134 e. The van der Waals surface area contributed by atoms with Crippen molar-refractivity contribution >= 4 is 0 Å². The molecule has 0 fully saturated rings. The van der Waals surface area contributed by atoms with Crippen molar-refractivity contribution < 1.29 is 8.78 Å². The normalized spacial score (nSPS) is 10.5. The van der Waals surface area contributed by atoms with Crippen LogP contribution in [0, 0.1) is 25.5 Å². The van der Waals surface area contributed by atoms with Gasteiger partial charge in [-0.1, -0.05) is 6.07 Å². The lowest BCUT2D eigenvalue weighted by Crippen LogP contribution is -1.97. The average Bonchev–Trinajstić information content (AvgIpc) is 2.23. The van der Waals surface area contributed by atoms with Gasteiger partial charge in [0.2, 0.25) is 0 Å². The van der Waals surface area contributed by atoms with Crippen LogP contribution < -0.4 is 0 Å². The molecule has 2 nitrogen and oxygen atoms in total. The monoisotopic (exact) mass is 220 g/mol. The summed E-state index contributed by atoms with van der Waals surface area (Å²) in [4.78, 5) is 0.